The second-order valence-corrected chi connectivity index (χ2v) is 4.79. The van der Waals surface area contributed by atoms with Crippen LogP contribution < -0.4 is 11.1 Å². The zero-order valence-electron chi connectivity index (χ0n) is 12.0. The summed E-state index contributed by atoms with van der Waals surface area (Å²) in [4.78, 5) is 4.36. The Morgan fingerprint density at radius 1 is 1.35 bits per heavy atom. The number of unbranched alkanes of at least 4 members (excludes halogenated alkanes) is 2. The van der Waals surface area contributed by atoms with E-state index in [9.17, 15) is 0 Å². The van der Waals surface area contributed by atoms with Crippen molar-refractivity contribution >= 4 is 17.5 Å². The summed E-state index contributed by atoms with van der Waals surface area (Å²) in [6, 6.07) is 3.92. The van der Waals surface area contributed by atoms with Crippen LogP contribution in [0.3, 0.4) is 0 Å². The molecule has 0 aromatic carbocycles. The third kappa shape index (κ3) is 3.81. The molecule has 20 heavy (non-hydrogen) atoms. The summed E-state index contributed by atoms with van der Waals surface area (Å²) >= 11 is 0. The molecule has 0 atom stereocenters. The van der Waals surface area contributed by atoms with Gasteiger partial charge in [0.25, 0.3) is 0 Å². The van der Waals surface area contributed by atoms with Gasteiger partial charge in [-0.2, -0.15) is 0 Å². The lowest BCUT2D eigenvalue weighted by Gasteiger charge is -2.05. The van der Waals surface area contributed by atoms with Crippen molar-refractivity contribution in [3.05, 3.63) is 30.1 Å². The fourth-order valence-electron chi connectivity index (χ4n) is 1.94. The highest BCUT2D eigenvalue weighted by Crippen LogP contribution is 2.11. The molecule has 3 N–H and O–H groups in total. The summed E-state index contributed by atoms with van der Waals surface area (Å²) in [5.41, 5.74) is 7.36. The molecular weight excluding hydrogens is 250 g/mol. The number of nitrogens with two attached hydrogens (primary N) is 1. The minimum absolute atomic E-state index is 0.686. The Morgan fingerprint density at radius 3 is 3.05 bits per heavy atom. The van der Waals surface area contributed by atoms with Crippen molar-refractivity contribution in [2.75, 3.05) is 18.4 Å². The molecule has 0 fully saturated rings. The van der Waals surface area contributed by atoms with Crippen LogP contribution in [0.4, 0.5) is 5.82 Å². The van der Waals surface area contributed by atoms with E-state index >= 15 is 0 Å². The smallest absolute Gasteiger partial charge is 0.154 e. The number of imidazole rings is 1. The molecule has 2 rings (SSSR count). The SMILES string of the molecule is CCCC/C=C/c1cnc2ccc(NCCCN)nn12. The molecule has 0 bridgehead atoms. The van der Waals surface area contributed by atoms with Crippen LogP contribution in [0.2, 0.25) is 0 Å². The molecule has 0 saturated heterocycles. The van der Waals surface area contributed by atoms with Crippen LogP contribution >= 0.6 is 0 Å². The van der Waals surface area contributed by atoms with Crippen LogP contribution in [0.1, 0.15) is 38.3 Å². The summed E-state index contributed by atoms with van der Waals surface area (Å²) in [5, 5.41) is 7.82. The van der Waals surface area contributed by atoms with E-state index in [1.807, 2.05) is 22.8 Å². The molecule has 0 aliphatic carbocycles. The van der Waals surface area contributed by atoms with E-state index in [-0.39, 0.29) is 0 Å². The van der Waals surface area contributed by atoms with E-state index in [0.29, 0.717) is 6.54 Å². The van der Waals surface area contributed by atoms with Gasteiger partial charge in [0.15, 0.2) is 5.65 Å². The first-order valence-electron chi connectivity index (χ1n) is 7.30. The van der Waals surface area contributed by atoms with E-state index in [0.717, 1.165) is 36.5 Å². The van der Waals surface area contributed by atoms with E-state index < -0.39 is 0 Å². The number of anilines is 1. The van der Waals surface area contributed by atoms with Gasteiger partial charge < -0.3 is 11.1 Å². The second-order valence-electron chi connectivity index (χ2n) is 4.79. The van der Waals surface area contributed by atoms with Crippen molar-refractivity contribution in [1.29, 1.82) is 0 Å². The Morgan fingerprint density at radius 2 is 2.25 bits per heavy atom. The Labute approximate surface area is 119 Å². The van der Waals surface area contributed by atoms with Crippen LogP contribution in [0.15, 0.2) is 24.4 Å². The highest BCUT2D eigenvalue weighted by molar-refractivity contribution is 5.53. The molecular formula is C15H23N5. The first-order valence-corrected chi connectivity index (χ1v) is 7.30. The zero-order chi connectivity index (χ0) is 14.2. The van der Waals surface area contributed by atoms with Gasteiger partial charge in [-0.25, -0.2) is 9.50 Å². The van der Waals surface area contributed by atoms with Gasteiger partial charge in [0.2, 0.25) is 0 Å². The lowest BCUT2D eigenvalue weighted by atomic mass is 10.2. The standard InChI is InChI=1S/C15H23N5/c1-2-3-4-5-7-13-12-18-15-9-8-14(19-20(13)15)17-11-6-10-16/h5,7-9,12H,2-4,6,10-11,16H2,1H3,(H,17,19)/b7-5+. The van der Waals surface area contributed by atoms with Crippen molar-refractivity contribution in [2.45, 2.75) is 32.6 Å². The van der Waals surface area contributed by atoms with Crippen LogP contribution in [-0.2, 0) is 0 Å². The Balaban J connectivity index is 2.10. The molecule has 108 valence electrons. The zero-order valence-corrected chi connectivity index (χ0v) is 12.0. The van der Waals surface area contributed by atoms with E-state index in [4.69, 9.17) is 5.73 Å². The first-order chi connectivity index (χ1) is 9.85. The number of nitrogens with one attached hydrogen (secondary N) is 1. The molecule has 0 aliphatic rings. The van der Waals surface area contributed by atoms with Gasteiger partial charge in [0.05, 0.1) is 11.9 Å². The van der Waals surface area contributed by atoms with Crippen molar-refractivity contribution in [3.63, 3.8) is 0 Å². The monoisotopic (exact) mass is 273 g/mol. The van der Waals surface area contributed by atoms with Crippen molar-refractivity contribution in [3.8, 4) is 0 Å². The molecule has 5 nitrogen and oxygen atoms in total. The van der Waals surface area contributed by atoms with Crippen molar-refractivity contribution < 1.29 is 0 Å². The van der Waals surface area contributed by atoms with Gasteiger partial charge in [-0.1, -0.05) is 25.8 Å². The van der Waals surface area contributed by atoms with Crippen LogP contribution in [-0.4, -0.2) is 27.7 Å². The van der Waals surface area contributed by atoms with E-state index in [2.05, 4.69) is 34.5 Å². The van der Waals surface area contributed by atoms with Crippen molar-refractivity contribution in [1.82, 2.24) is 14.6 Å². The van der Waals surface area contributed by atoms with Crippen molar-refractivity contribution in [2.24, 2.45) is 5.73 Å². The number of aromatic nitrogens is 3. The van der Waals surface area contributed by atoms with Gasteiger partial charge in [0.1, 0.15) is 5.82 Å². The van der Waals surface area contributed by atoms with Gasteiger partial charge >= 0.3 is 0 Å². The highest BCUT2D eigenvalue weighted by atomic mass is 15.3. The highest BCUT2D eigenvalue weighted by Gasteiger charge is 2.02. The molecule has 0 amide bonds. The maximum absolute atomic E-state index is 5.49. The second kappa shape index (κ2) is 7.65. The minimum atomic E-state index is 0.686. The maximum Gasteiger partial charge on any atom is 0.154 e. The van der Waals surface area contributed by atoms with E-state index in [1.54, 1.807) is 0 Å². The van der Waals surface area contributed by atoms with Gasteiger partial charge in [-0.3, -0.25) is 0 Å². The van der Waals surface area contributed by atoms with Crippen LogP contribution in [0.5, 0.6) is 0 Å². The number of fused-ring (bicyclic) bond motifs is 1. The first kappa shape index (κ1) is 14.5. The third-order valence-electron chi connectivity index (χ3n) is 3.09. The maximum atomic E-state index is 5.49. The van der Waals surface area contributed by atoms with Gasteiger partial charge in [0, 0.05) is 6.54 Å². The largest absolute Gasteiger partial charge is 0.369 e. The molecule has 2 heterocycles. The Bertz CT molecular complexity index is 558. The third-order valence-corrected chi connectivity index (χ3v) is 3.09. The molecule has 0 aliphatic heterocycles. The molecule has 2 aromatic heterocycles. The average Bonchev–Trinajstić information content (AvgIpc) is 2.87. The fourth-order valence-corrected chi connectivity index (χ4v) is 1.94. The normalized spacial score (nSPS) is 11.5. The summed E-state index contributed by atoms with van der Waals surface area (Å²) in [6.45, 7) is 3.72. The number of nitrogens with zero attached hydrogens (tertiary/aromatic N) is 3. The van der Waals surface area contributed by atoms with Gasteiger partial charge in [-0.15, -0.1) is 5.10 Å². The lowest BCUT2D eigenvalue weighted by Crippen LogP contribution is -2.10. The van der Waals surface area contributed by atoms with Crippen LogP contribution in [0, 0.1) is 0 Å². The molecule has 2 aromatic rings. The topological polar surface area (TPSA) is 68.2 Å². The summed E-state index contributed by atoms with van der Waals surface area (Å²) < 4.78 is 1.87. The Hall–Kier alpha value is -1.88. The molecule has 0 unspecified atom stereocenters. The molecule has 5 heteroatoms. The molecule has 0 saturated carbocycles. The number of allylic oxidation sites excluding steroid dienone is 1. The number of hydrogen-bond acceptors (Lipinski definition) is 4. The average molecular weight is 273 g/mol. The number of hydrogen-bond donors (Lipinski definition) is 2. The predicted molar refractivity (Wildman–Crippen MR) is 83.7 cm³/mol. The summed E-state index contributed by atoms with van der Waals surface area (Å²) in [5.74, 6) is 0.854. The van der Waals surface area contributed by atoms with Gasteiger partial charge in [-0.05, 0) is 37.6 Å². The predicted octanol–water partition coefficient (Wildman–Crippen LogP) is 2.69. The van der Waals surface area contributed by atoms with E-state index in [1.165, 1.54) is 12.8 Å². The minimum Gasteiger partial charge on any atom is -0.369 e. The Kier molecular flexibility index (Phi) is 5.55. The summed E-state index contributed by atoms with van der Waals surface area (Å²) in [6.07, 6.45) is 10.6. The fraction of sp³-hybridized carbons (Fsp3) is 0.467. The molecule has 0 spiro atoms. The number of rotatable bonds is 8. The summed E-state index contributed by atoms with van der Waals surface area (Å²) in [7, 11) is 0. The van der Waals surface area contributed by atoms with Crippen LogP contribution in [0.25, 0.3) is 11.7 Å². The molecule has 0 radical (unpaired) electrons. The lowest BCUT2D eigenvalue weighted by molar-refractivity contribution is 0.816. The quantitative estimate of drug-likeness (QED) is 0.726.